The van der Waals surface area contributed by atoms with Crippen LogP contribution in [0, 0.1) is 12.8 Å². The lowest BCUT2D eigenvalue weighted by Gasteiger charge is -2.56. The van der Waals surface area contributed by atoms with Gasteiger partial charge in [0.15, 0.2) is 22.3 Å². The third-order valence-corrected chi connectivity index (χ3v) is 7.00. The SMILES string of the molecule is CCOc1cccc2c1O[C@@]1(C)[C@@H](C(=O)Nc3ccc(Cl)cc3)[C@H]2NC(=S)N1c1cccc(C)c1. The molecular weight excluding hydrogens is 482 g/mol. The zero-order valence-corrected chi connectivity index (χ0v) is 21.2. The number of thiocarbonyl (C=S) groups is 1. The Kier molecular flexibility index (Phi) is 6.07. The quantitative estimate of drug-likeness (QED) is 0.423. The van der Waals surface area contributed by atoms with Gasteiger partial charge >= 0.3 is 0 Å². The molecule has 0 spiro atoms. The molecule has 2 heterocycles. The van der Waals surface area contributed by atoms with Crippen molar-refractivity contribution in [3.63, 3.8) is 0 Å². The first-order valence-corrected chi connectivity index (χ1v) is 12.3. The lowest BCUT2D eigenvalue weighted by atomic mass is 9.78. The topological polar surface area (TPSA) is 62.8 Å². The van der Waals surface area contributed by atoms with Gasteiger partial charge in [-0.2, -0.15) is 0 Å². The predicted octanol–water partition coefficient (Wildman–Crippen LogP) is 5.85. The zero-order valence-electron chi connectivity index (χ0n) is 19.7. The van der Waals surface area contributed by atoms with Gasteiger partial charge in [0.25, 0.3) is 0 Å². The Bertz CT molecular complexity index is 1300. The van der Waals surface area contributed by atoms with E-state index in [1.165, 1.54) is 0 Å². The van der Waals surface area contributed by atoms with Crippen molar-refractivity contribution in [3.8, 4) is 11.5 Å². The second kappa shape index (κ2) is 9.06. The van der Waals surface area contributed by atoms with Crippen molar-refractivity contribution >= 4 is 46.2 Å². The Labute approximate surface area is 215 Å². The third kappa shape index (κ3) is 4.09. The molecule has 0 unspecified atom stereocenters. The van der Waals surface area contributed by atoms with Crippen LogP contribution in [0.5, 0.6) is 11.5 Å². The monoisotopic (exact) mass is 507 g/mol. The number of hydrogen-bond acceptors (Lipinski definition) is 4. The van der Waals surface area contributed by atoms with E-state index in [2.05, 4.69) is 10.6 Å². The van der Waals surface area contributed by atoms with E-state index in [9.17, 15) is 4.79 Å². The number of anilines is 2. The maximum Gasteiger partial charge on any atom is 0.236 e. The Morgan fingerprint density at radius 1 is 1.20 bits per heavy atom. The number of para-hydroxylation sites is 1. The molecule has 2 aliphatic rings. The summed E-state index contributed by atoms with van der Waals surface area (Å²) < 4.78 is 12.6. The van der Waals surface area contributed by atoms with Gasteiger partial charge in [-0.15, -0.1) is 0 Å². The second-order valence-electron chi connectivity index (χ2n) is 8.84. The molecule has 180 valence electrons. The van der Waals surface area contributed by atoms with Gasteiger partial charge in [0.05, 0.1) is 12.6 Å². The minimum Gasteiger partial charge on any atom is -0.490 e. The highest BCUT2D eigenvalue weighted by Crippen LogP contribution is 2.52. The number of nitrogens with one attached hydrogen (secondary N) is 2. The zero-order chi connectivity index (χ0) is 24.7. The molecule has 3 atom stereocenters. The predicted molar refractivity (Wildman–Crippen MR) is 142 cm³/mol. The lowest BCUT2D eigenvalue weighted by Crippen LogP contribution is -2.72. The van der Waals surface area contributed by atoms with Crippen LogP contribution in [0.2, 0.25) is 5.02 Å². The summed E-state index contributed by atoms with van der Waals surface area (Å²) >= 11 is 11.9. The molecule has 0 saturated carbocycles. The summed E-state index contributed by atoms with van der Waals surface area (Å²) in [4.78, 5) is 15.8. The van der Waals surface area contributed by atoms with E-state index in [0.29, 0.717) is 33.9 Å². The molecular formula is C27H26ClN3O3S. The van der Waals surface area contributed by atoms with E-state index < -0.39 is 17.7 Å². The first kappa shape index (κ1) is 23.5. The fraction of sp³-hybridized carbons (Fsp3) is 0.259. The van der Waals surface area contributed by atoms with E-state index in [1.54, 1.807) is 24.3 Å². The van der Waals surface area contributed by atoms with Gasteiger partial charge in [-0.3, -0.25) is 9.69 Å². The van der Waals surface area contributed by atoms with Crippen LogP contribution < -0.4 is 25.0 Å². The first-order chi connectivity index (χ1) is 16.8. The number of fused-ring (bicyclic) bond motifs is 4. The van der Waals surface area contributed by atoms with Crippen molar-refractivity contribution in [1.82, 2.24) is 5.32 Å². The summed E-state index contributed by atoms with van der Waals surface area (Å²) in [5, 5.41) is 7.57. The molecule has 1 fully saturated rings. The number of carbonyl (C=O) groups is 1. The summed E-state index contributed by atoms with van der Waals surface area (Å²) in [5.41, 5.74) is 2.27. The highest BCUT2D eigenvalue weighted by molar-refractivity contribution is 7.80. The van der Waals surface area contributed by atoms with Crippen LogP contribution in [0.3, 0.4) is 0 Å². The standard InChI is InChI=1S/C27H26ClN3O3S/c1-4-33-21-10-6-9-20-23-22(25(32)29-18-13-11-17(28)12-14-18)27(3,34-24(20)21)31(26(35)30-23)19-8-5-7-16(2)15-19/h5-15,22-23H,4H2,1-3H3,(H,29,32)(H,30,35)/t22-,23+,27+/m1/s1. The average molecular weight is 508 g/mol. The number of benzene rings is 3. The number of ether oxygens (including phenoxy) is 2. The minimum absolute atomic E-state index is 0.195. The molecule has 5 rings (SSSR count). The molecule has 2 bridgehead atoms. The van der Waals surface area contributed by atoms with Gasteiger partial charge in [0.2, 0.25) is 5.91 Å². The normalized spacial score (nSPS) is 22.5. The molecule has 2 aliphatic heterocycles. The molecule has 8 heteroatoms. The summed E-state index contributed by atoms with van der Waals surface area (Å²) in [6, 6.07) is 20.3. The number of rotatable bonds is 5. The third-order valence-electron chi connectivity index (χ3n) is 6.44. The molecule has 0 aliphatic carbocycles. The van der Waals surface area contributed by atoms with E-state index in [0.717, 1.165) is 16.8 Å². The maximum absolute atomic E-state index is 13.9. The molecule has 3 aromatic carbocycles. The van der Waals surface area contributed by atoms with Crippen LogP contribution >= 0.6 is 23.8 Å². The van der Waals surface area contributed by atoms with Gasteiger partial charge in [-0.25, -0.2) is 0 Å². The van der Waals surface area contributed by atoms with Crippen molar-refractivity contribution in [2.24, 2.45) is 5.92 Å². The summed E-state index contributed by atoms with van der Waals surface area (Å²) in [7, 11) is 0. The largest absolute Gasteiger partial charge is 0.490 e. The molecule has 1 saturated heterocycles. The lowest BCUT2D eigenvalue weighted by molar-refractivity contribution is -0.130. The van der Waals surface area contributed by atoms with E-state index in [-0.39, 0.29) is 5.91 Å². The molecule has 6 nitrogen and oxygen atoms in total. The fourth-order valence-corrected chi connectivity index (χ4v) is 5.49. The van der Waals surface area contributed by atoms with Gasteiger partial charge < -0.3 is 20.1 Å². The van der Waals surface area contributed by atoms with Gasteiger partial charge in [0.1, 0.15) is 5.92 Å². The van der Waals surface area contributed by atoms with Crippen molar-refractivity contribution in [1.29, 1.82) is 0 Å². The van der Waals surface area contributed by atoms with Crippen LogP contribution in [0.4, 0.5) is 11.4 Å². The molecule has 0 aromatic heterocycles. The molecule has 0 radical (unpaired) electrons. The number of nitrogens with zero attached hydrogens (tertiary/aromatic N) is 1. The smallest absolute Gasteiger partial charge is 0.236 e. The van der Waals surface area contributed by atoms with Gasteiger partial charge in [-0.05, 0) is 81.0 Å². The molecule has 3 aromatic rings. The van der Waals surface area contributed by atoms with Crippen molar-refractivity contribution in [3.05, 3.63) is 82.9 Å². The number of carbonyl (C=O) groups excluding carboxylic acids is 1. The number of halogens is 1. The van der Waals surface area contributed by atoms with Crippen LogP contribution in [-0.2, 0) is 4.79 Å². The highest BCUT2D eigenvalue weighted by Gasteiger charge is 2.59. The van der Waals surface area contributed by atoms with Gasteiger partial charge in [-0.1, -0.05) is 35.9 Å². The molecule has 2 N–H and O–H groups in total. The van der Waals surface area contributed by atoms with Crippen molar-refractivity contribution in [2.45, 2.75) is 32.5 Å². The van der Waals surface area contributed by atoms with Gasteiger partial charge in [0, 0.05) is 22.0 Å². The second-order valence-corrected chi connectivity index (χ2v) is 9.66. The average Bonchev–Trinajstić information content (AvgIpc) is 2.81. The van der Waals surface area contributed by atoms with E-state index in [1.807, 2.05) is 68.1 Å². The van der Waals surface area contributed by atoms with Crippen molar-refractivity contribution < 1.29 is 14.3 Å². The number of hydrogen-bond donors (Lipinski definition) is 2. The Morgan fingerprint density at radius 3 is 2.66 bits per heavy atom. The van der Waals surface area contributed by atoms with E-state index >= 15 is 0 Å². The summed E-state index contributed by atoms with van der Waals surface area (Å²) in [6.07, 6.45) is 0. The van der Waals surface area contributed by atoms with Crippen LogP contribution in [0.15, 0.2) is 66.7 Å². The fourth-order valence-electron chi connectivity index (χ4n) is 4.95. The number of aryl methyl sites for hydroxylation is 1. The number of amides is 1. The molecule has 35 heavy (non-hydrogen) atoms. The minimum atomic E-state index is -1.13. The molecule has 1 amide bonds. The van der Waals surface area contributed by atoms with Crippen LogP contribution in [0.25, 0.3) is 0 Å². The summed E-state index contributed by atoms with van der Waals surface area (Å²) in [5.74, 6) is 0.413. The van der Waals surface area contributed by atoms with E-state index in [4.69, 9.17) is 33.3 Å². The Balaban J connectivity index is 1.64. The Hall–Kier alpha value is -3.29. The highest BCUT2D eigenvalue weighted by atomic mass is 35.5. The summed E-state index contributed by atoms with van der Waals surface area (Å²) in [6.45, 7) is 6.35. The van der Waals surface area contributed by atoms with Crippen molar-refractivity contribution in [2.75, 3.05) is 16.8 Å². The van der Waals surface area contributed by atoms with Crippen LogP contribution in [-0.4, -0.2) is 23.4 Å². The first-order valence-electron chi connectivity index (χ1n) is 11.5. The Morgan fingerprint density at radius 2 is 1.94 bits per heavy atom. The maximum atomic E-state index is 13.9. The van der Waals surface area contributed by atoms with Crippen LogP contribution in [0.1, 0.15) is 31.0 Å².